The van der Waals surface area contributed by atoms with Gasteiger partial charge in [-0.2, -0.15) is 0 Å². The molecule has 0 aliphatic rings. The first kappa shape index (κ1) is 21.8. The molecule has 1 heterocycles. The fourth-order valence-corrected chi connectivity index (χ4v) is 2.76. The molecule has 1 amide bonds. The molecule has 0 bridgehead atoms. The summed E-state index contributed by atoms with van der Waals surface area (Å²) in [6, 6.07) is 18.7. The van der Waals surface area contributed by atoms with E-state index in [9.17, 15) is 4.79 Å². The van der Waals surface area contributed by atoms with Gasteiger partial charge in [-0.05, 0) is 41.8 Å². The van der Waals surface area contributed by atoms with Gasteiger partial charge in [-0.3, -0.25) is 9.78 Å². The maximum absolute atomic E-state index is 12.1. The Hall–Kier alpha value is -3.87. The number of amides is 1. The van der Waals surface area contributed by atoms with Crippen molar-refractivity contribution in [2.24, 2.45) is 10.9 Å². The Kier molecular flexibility index (Phi) is 7.59. The lowest BCUT2D eigenvalue weighted by Crippen LogP contribution is -2.19. The maximum atomic E-state index is 12.1. The minimum absolute atomic E-state index is 0.154. The van der Waals surface area contributed by atoms with Gasteiger partial charge in [-0.15, -0.1) is 0 Å². The Morgan fingerprint density at radius 3 is 2.65 bits per heavy atom. The van der Waals surface area contributed by atoms with Gasteiger partial charge in [0.1, 0.15) is 12.4 Å². The molecule has 160 valence electrons. The van der Waals surface area contributed by atoms with E-state index in [0.717, 1.165) is 5.56 Å². The van der Waals surface area contributed by atoms with Crippen molar-refractivity contribution in [1.29, 1.82) is 0 Å². The molecule has 0 radical (unpaired) electrons. The number of nitrogens with zero attached hydrogens (tertiary/aromatic N) is 2. The highest BCUT2D eigenvalue weighted by Crippen LogP contribution is 2.17. The number of carbonyl (C=O) groups excluding carboxylic acids is 1. The number of nitrogens with one attached hydrogen (secondary N) is 1. The Labute approximate surface area is 181 Å². The van der Waals surface area contributed by atoms with Gasteiger partial charge in [-0.1, -0.05) is 49.3 Å². The standard InChI is InChI=1S/C24H26N4O3/c1-17(2)19-8-10-21(11-9-19)27-23(29)16-31-28-24(25)20-6-3-7-22(13-20)30-15-18-5-4-12-26-14-18/h3-14,17H,15-16H2,1-2H3,(H2,25,28)(H,27,29). The zero-order chi connectivity index (χ0) is 22.1. The zero-order valence-corrected chi connectivity index (χ0v) is 17.6. The molecule has 0 saturated carbocycles. The number of hydrogen-bond acceptors (Lipinski definition) is 5. The van der Waals surface area contributed by atoms with Gasteiger partial charge in [0, 0.05) is 29.2 Å². The smallest absolute Gasteiger partial charge is 0.265 e. The van der Waals surface area contributed by atoms with Crippen LogP contribution in [0.1, 0.15) is 36.5 Å². The Morgan fingerprint density at radius 2 is 1.94 bits per heavy atom. The summed E-state index contributed by atoms with van der Waals surface area (Å²) >= 11 is 0. The highest BCUT2D eigenvalue weighted by Gasteiger charge is 2.06. The number of ether oxygens (including phenoxy) is 1. The van der Waals surface area contributed by atoms with Crippen molar-refractivity contribution in [3.8, 4) is 5.75 Å². The second kappa shape index (κ2) is 10.8. The van der Waals surface area contributed by atoms with Crippen LogP contribution < -0.4 is 15.8 Å². The molecule has 31 heavy (non-hydrogen) atoms. The van der Waals surface area contributed by atoms with E-state index in [4.69, 9.17) is 15.3 Å². The highest BCUT2D eigenvalue weighted by molar-refractivity contribution is 5.97. The molecular formula is C24H26N4O3. The van der Waals surface area contributed by atoms with Crippen molar-refractivity contribution in [3.05, 3.63) is 89.7 Å². The van der Waals surface area contributed by atoms with Crippen molar-refractivity contribution in [2.75, 3.05) is 11.9 Å². The second-order valence-electron chi connectivity index (χ2n) is 7.25. The van der Waals surface area contributed by atoms with Crippen LogP contribution in [0.4, 0.5) is 5.69 Å². The SMILES string of the molecule is CC(C)c1ccc(NC(=O)CO/N=C(/N)c2cccc(OCc3cccnc3)c2)cc1. The summed E-state index contributed by atoms with van der Waals surface area (Å²) in [6.07, 6.45) is 3.46. The number of benzene rings is 2. The average molecular weight is 418 g/mol. The molecular weight excluding hydrogens is 392 g/mol. The number of oxime groups is 1. The fourth-order valence-electron chi connectivity index (χ4n) is 2.76. The first-order chi connectivity index (χ1) is 15.0. The minimum Gasteiger partial charge on any atom is -0.489 e. The average Bonchev–Trinajstić information content (AvgIpc) is 2.79. The molecule has 0 atom stereocenters. The van der Waals surface area contributed by atoms with Crippen molar-refractivity contribution in [2.45, 2.75) is 26.4 Å². The number of amidine groups is 1. The summed E-state index contributed by atoms with van der Waals surface area (Å²) in [5, 5.41) is 6.60. The monoisotopic (exact) mass is 418 g/mol. The van der Waals surface area contributed by atoms with Crippen molar-refractivity contribution < 1.29 is 14.4 Å². The van der Waals surface area contributed by atoms with E-state index in [-0.39, 0.29) is 18.3 Å². The number of carbonyl (C=O) groups is 1. The predicted molar refractivity (Wildman–Crippen MR) is 121 cm³/mol. The normalized spacial score (nSPS) is 11.3. The molecule has 0 fully saturated rings. The van der Waals surface area contributed by atoms with Gasteiger partial charge in [0.2, 0.25) is 0 Å². The summed E-state index contributed by atoms with van der Waals surface area (Å²) in [4.78, 5) is 21.2. The molecule has 3 N–H and O–H groups in total. The molecule has 0 aliphatic carbocycles. The number of aromatic nitrogens is 1. The number of pyridine rings is 1. The van der Waals surface area contributed by atoms with E-state index in [2.05, 4.69) is 29.3 Å². The van der Waals surface area contributed by atoms with Crippen molar-refractivity contribution in [1.82, 2.24) is 4.98 Å². The third-order valence-electron chi connectivity index (χ3n) is 4.48. The van der Waals surface area contributed by atoms with E-state index in [1.54, 1.807) is 24.5 Å². The van der Waals surface area contributed by atoms with Gasteiger partial charge in [-0.25, -0.2) is 0 Å². The largest absolute Gasteiger partial charge is 0.489 e. The maximum Gasteiger partial charge on any atom is 0.265 e. The Bertz CT molecular complexity index is 1020. The van der Waals surface area contributed by atoms with Gasteiger partial charge in [0.25, 0.3) is 5.91 Å². The summed E-state index contributed by atoms with van der Waals surface area (Å²) in [5.74, 6) is 0.912. The Balaban J connectivity index is 1.50. The van der Waals surface area contributed by atoms with E-state index in [1.165, 1.54) is 5.56 Å². The van der Waals surface area contributed by atoms with Crippen LogP contribution in [-0.4, -0.2) is 23.3 Å². The van der Waals surface area contributed by atoms with Crippen molar-refractivity contribution in [3.63, 3.8) is 0 Å². The topological polar surface area (TPSA) is 98.8 Å². The highest BCUT2D eigenvalue weighted by atomic mass is 16.6. The van der Waals surface area contributed by atoms with Crippen LogP contribution in [0, 0.1) is 0 Å². The third kappa shape index (κ3) is 6.85. The van der Waals surface area contributed by atoms with Crippen molar-refractivity contribution >= 4 is 17.4 Å². The summed E-state index contributed by atoms with van der Waals surface area (Å²) in [6.45, 7) is 4.38. The molecule has 0 spiro atoms. The van der Waals surface area contributed by atoms with Crippen LogP contribution in [0.15, 0.2) is 78.2 Å². The molecule has 1 aromatic heterocycles. The summed E-state index contributed by atoms with van der Waals surface area (Å²) < 4.78 is 5.76. The first-order valence-electron chi connectivity index (χ1n) is 9.98. The summed E-state index contributed by atoms with van der Waals surface area (Å²) in [5.41, 5.74) is 9.49. The molecule has 3 rings (SSSR count). The van der Waals surface area contributed by atoms with E-state index >= 15 is 0 Å². The van der Waals surface area contributed by atoms with Gasteiger partial charge in [0.15, 0.2) is 12.4 Å². The van der Waals surface area contributed by atoms with Gasteiger partial charge >= 0.3 is 0 Å². The van der Waals surface area contributed by atoms with Gasteiger partial charge < -0.3 is 20.6 Å². The number of hydrogen-bond donors (Lipinski definition) is 2. The van der Waals surface area contributed by atoms with Gasteiger partial charge in [0.05, 0.1) is 0 Å². The predicted octanol–water partition coefficient (Wildman–Crippen LogP) is 4.06. The number of anilines is 1. The van der Waals surface area contributed by atoms with Crippen LogP contribution in [-0.2, 0) is 16.2 Å². The number of rotatable bonds is 9. The quantitative estimate of drug-likeness (QED) is 0.310. The van der Waals surface area contributed by atoms with Crippen LogP contribution in [0.3, 0.4) is 0 Å². The molecule has 7 nitrogen and oxygen atoms in total. The molecule has 0 aliphatic heterocycles. The molecule has 2 aromatic carbocycles. The molecule has 0 saturated heterocycles. The fraction of sp³-hybridized carbons (Fsp3) is 0.208. The number of nitrogens with two attached hydrogens (primary N) is 1. The summed E-state index contributed by atoms with van der Waals surface area (Å²) in [7, 11) is 0. The lowest BCUT2D eigenvalue weighted by Gasteiger charge is -2.09. The van der Waals surface area contributed by atoms with Crippen LogP contribution in [0.5, 0.6) is 5.75 Å². The van der Waals surface area contributed by atoms with E-state index in [0.29, 0.717) is 29.5 Å². The van der Waals surface area contributed by atoms with E-state index in [1.807, 2.05) is 48.5 Å². The third-order valence-corrected chi connectivity index (χ3v) is 4.48. The lowest BCUT2D eigenvalue weighted by molar-refractivity contribution is -0.120. The van der Waals surface area contributed by atoms with Crippen LogP contribution in [0.2, 0.25) is 0 Å². The van der Waals surface area contributed by atoms with Crippen LogP contribution in [0.25, 0.3) is 0 Å². The first-order valence-corrected chi connectivity index (χ1v) is 9.98. The second-order valence-corrected chi connectivity index (χ2v) is 7.25. The minimum atomic E-state index is -0.317. The lowest BCUT2D eigenvalue weighted by atomic mass is 10.0. The van der Waals surface area contributed by atoms with E-state index < -0.39 is 0 Å². The zero-order valence-electron chi connectivity index (χ0n) is 17.6. The Morgan fingerprint density at radius 1 is 1.13 bits per heavy atom. The molecule has 3 aromatic rings. The van der Waals surface area contributed by atoms with Crippen LogP contribution >= 0.6 is 0 Å². The molecule has 7 heteroatoms. The molecule has 0 unspecified atom stereocenters.